The van der Waals surface area contributed by atoms with Crippen LogP contribution in [-0.2, 0) is 66.8 Å². The highest BCUT2D eigenvalue weighted by Crippen LogP contribution is 2.31. The van der Waals surface area contributed by atoms with Crippen LogP contribution in [-0.4, -0.2) is 222 Å². The lowest BCUT2D eigenvalue weighted by molar-refractivity contribution is -0.148. The average Bonchev–Trinajstić information content (AvgIpc) is 2.74. The Bertz CT molecular complexity index is 2440. The van der Waals surface area contributed by atoms with Gasteiger partial charge in [0.2, 0.25) is 41.4 Å². The van der Waals surface area contributed by atoms with Crippen LogP contribution < -0.4 is 37.0 Å². The summed E-state index contributed by atoms with van der Waals surface area (Å²) in [4.78, 5) is 138. The first-order chi connectivity index (χ1) is 41.7. The van der Waals surface area contributed by atoms with Crippen molar-refractivity contribution in [1.82, 2.24) is 45.6 Å². The molecule has 1 aromatic carbocycles. The van der Waals surface area contributed by atoms with Crippen molar-refractivity contribution in [3.8, 4) is 0 Å². The Hall–Kier alpha value is -6.23. The molecular weight excluding hydrogens is 1160 g/mol. The number of likely N-dealkylation sites (N-methyl/N-ethyl adjacent to an activating group) is 2. The van der Waals surface area contributed by atoms with Crippen molar-refractivity contribution >= 4 is 76.8 Å². The second-order valence-electron chi connectivity index (χ2n) is 23.6. The molecule has 2 aliphatic heterocycles. The Morgan fingerprint density at radius 3 is 1.88 bits per heavy atom. The lowest BCUT2D eigenvalue weighted by Crippen LogP contribution is -2.59. The number of carbonyl (C=O) groups excluding carboxylic acids is 10. The fourth-order valence-electron chi connectivity index (χ4n) is 10.8. The van der Waals surface area contributed by atoms with Crippen LogP contribution >= 0.6 is 11.9 Å². The first-order valence-electron chi connectivity index (χ1n) is 30.5. The summed E-state index contributed by atoms with van der Waals surface area (Å²) >= 11 is 1.06. The summed E-state index contributed by atoms with van der Waals surface area (Å²) < 4.78 is 31.4. The molecule has 1 aromatic rings. The van der Waals surface area contributed by atoms with E-state index in [4.69, 9.17) is 29.4 Å². The first kappa shape index (κ1) is 76.0. The van der Waals surface area contributed by atoms with E-state index in [-0.39, 0.29) is 138 Å². The van der Waals surface area contributed by atoms with Crippen LogP contribution in [0.3, 0.4) is 0 Å². The average molecular weight is 1260 g/mol. The van der Waals surface area contributed by atoms with Gasteiger partial charge in [-0.1, -0.05) is 68.7 Å². The molecule has 0 aromatic heterocycles. The lowest BCUT2D eigenvalue weighted by Gasteiger charge is -2.41. The molecule has 0 bridgehead atoms. The molecule has 1 unspecified atom stereocenters. The third-order valence-corrected chi connectivity index (χ3v) is 16.6. The van der Waals surface area contributed by atoms with Gasteiger partial charge in [-0.3, -0.25) is 57.7 Å². The summed E-state index contributed by atoms with van der Waals surface area (Å²) in [5, 5.41) is 13.8. The second-order valence-corrected chi connectivity index (χ2v) is 24.5. The Kier molecular flexibility index (Phi) is 33.7. The van der Waals surface area contributed by atoms with Crippen molar-refractivity contribution in [2.24, 2.45) is 35.3 Å². The van der Waals surface area contributed by atoms with E-state index in [9.17, 15) is 47.9 Å². The zero-order valence-electron chi connectivity index (χ0n) is 54.2. The molecule has 2 heterocycles. The van der Waals surface area contributed by atoms with E-state index in [1.54, 1.807) is 61.9 Å². The Morgan fingerprint density at radius 2 is 1.33 bits per heavy atom. The molecule has 26 nitrogen and oxygen atoms in total. The first-order valence-corrected chi connectivity index (χ1v) is 31.4. The van der Waals surface area contributed by atoms with Crippen LogP contribution in [0.4, 0.5) is 10.5 Å². The molecule has 0 aliphatic carbocycles. The van der Waals surface area contributed by atoms with E-state index in [1.807, 2.05) is 60.5 Å². The van der Waals surface area contributed by atoms with Crippen LogP contribution in [0.15, 0.2) is 41.3 Å². The molecule has 0 radical (unpaired) electrons. The number of hydrogen-bond acceptors (Lipinski definition) is 17. The predicted octanol–water partition coefficient (Wildman–Crippen LogP) is 2.83. The standard InChI is InChI=1S/C61H101N11O15S/c1-15-40(8)54(70(12)60(81)52(38(4)5)67-59(80)53(39(6)7)69(10)11)46(83-13)36-50(76)71-28-17-19-45(71)55(84-14)41(9)56(77)68-88-43-22-20-42(21-23-43)64-57(78)44(18-16-27-63-61(62)82)65-58(79)51(37(2)3)66-47(73)26-30-85-32-34-87-35-33-86-31-29-72-48(74)24-25-49(72)75/h20-25,37-41,44-46,51-55H,15-19,26-36H2,1-14H3,(H,64,78)(H,65,79)(H,66,73)(H,67,80)(H,68,77)(H3,62,63,82)/t40?,41-,44+,45+,46-,51+,52+,53+,54+,55-/m1/s1. The molecule has 496 valence electrons. The Morgan fingerprint density at radius 1 is 0.727 bits per heavy atom. The predicted molar refractivity (Wildman–Crippen MR) is 333 cm³/mol. The van der Waals surface area contributed by atoms with Crippen molar-refractivity contribution < 1.29 is 71.6 Å². The smallest absolute Gasteiger partial charge is 0.312 e. The molecule has 8 N–H and O–H groups in total. The van der Waals surface area contributed by atoms with Gasteiger partial charge in [0.25, 0.3) is 11.8 Å². The number of rotatable bonds is 41. The quantitative estimate of drug-likeness (QED) is 0.0282. The summed E-state index contributed by atoms with van der Waals surface area (Å²) in [5.74, 6) is -4.76. The fraction of sp³-hybridized carbons (Fsp3) is 0.705. The number of benzene rings is 1. The third-order valence-electron chi connectivity index (χ3n) is 15.8. The highest BCUT2D eigenvalue weighted by molar-refractivity contribution is 7.98. The van der Waals surface area contributed by atoms with Gasteiger partial charge in [0, 0.05) is 63.5 Å². The van der Waals surface area contributed by atoms with Gasteiger partial charge in [-0.05, 0) is 99.7 Å². The summed E-state index contributed by atoms with van der Waals surface area (Å²) in [7, 11) is 8.43. The number of urea groups is 1. The molecule has 11 amide bonds. The number of nitrogens with zero attached hydrogens (tertiary/aromatic N) is 4. The highest BCUT2D eigenvalue weighted by atomic mass is 32.2. The van der Waals surface area contributed by atoms with Gasteiger partial charge < -0.3 is 65.8 Å². The minimum Gasteiger partial charge on any atom is -0.379 e. The highest BCUT2D eigenvalue weighted by Gasteiger charge is 2.43. The van der Waals surface area contributed by atoms with E-state index in [1.165, 1.54) is 26.4 Å². The van der Waals surface area contributed by atoms with Gasteiger partial charge in [0.1, 0.15) is 18.1 Å². The molecule has 2 aliphatic rings. The molecule has 3 rings (SSSR count). The van der Waals surface area contributed by atoms with E-state index in [2.05, 4.69) is 31.3 Å². The van der Waals surface area contributed by atoms with Crippen molar-refractivity contribution in [2.75, 3.05) is 100.0 Å². The van der Waals surface area contributed by atoms with Crippen molar-refractivity contribution in [3.63, 3.8) is 0 Å². The minimum atomic E-state index is -1.09. The van der Waals surface area contributed by atoms with Crippen LogP contribution in [0, 0.1) is 29.6 Å². The van der Waals surface area contributed by atoms with Gasteiger partial charge in [-0.15, -0.1) is 0 Å². The molecule has 0 saturated carbocycles. The Labute approximate surface area is 524 Å². The number of primary amides is 1. The number of nitrogens with two attached hydrogens (primary N) is 1. The Balaban J connectivity index is 1.58. The van der Waals surface area contributed by atoms with Crippen molar-refractivity contribution in [2.45, 2.75) is 161 Å². The second kappa shape index (κ2) is 39.0. The number of nitrogens with one attached hydrogen (secondary N) is 6. The molecule has 1 saturated heterocycles. The minimum absolute atomic E-state index is 0.00599. The topological polar surface area (TPSA) is 328 Å². The zero-order chi connectivity index (χ0) is 65.8. The molecular formula is C61H101N11O15S. The SMILES string of the molecule is CCC(C)[C@@H]([C@@H](CC(=O)N1CCC[C@H]1[C@H](OC)[C@@H](C)C(=O)NSc1ccc(NC(=O)[C@H](CCCNC(N)=O)NC(=O)[C@@H](NC(=O)CCOCCOCCOCCN2C(=O)C=CC2=O)C(C)C)cc1)OC)N(C)C(=O)[C@@H](NC(=O)[C@H](C(C)C)N(C)C)C(C)C. The monoisotopic (exact) mass is 1260 g/mol. The van der Waals surface area contributed by atoms with Gasteiger partial charge in [-0.2, -0.15) is 0 Å². The molecule has 88 heavy (non-hydrogen) atoms. The van der Waals surface area contributed by atoms with Gasteiger partial charge >= 0.3 is 6.03 Å². The number of imide groups is 1. The number of anilines is 1. The lowest BCUT2D eigenvalue weighted by atomic mass is 9.89. The summed E-state index contributed by atoms with van der Waals surface area (Å²) in [5.41, 5.74) is 5.63. The van der Waals surface area contributed by atoms with Crippen molar-refractivity contribution in [1.29, 1.82) is 0 Å². The third kappa shape index (κ3) is 24.3. The van der Waals surface area contributed by atoms with E-state index < -0.39 is 78.1 Å². The molecule has 1 fully saturated rings. The summed E-state index contributed by atoms with van der Waals surface area (Å²) in [6, 6.07) is 1.63. The maximum atomic E-state index is 14.4. The number of ether oxygens (including phenoxy) is 5. The maximum absolute atomic E-state index is 14.4. The van der Waals surface area contributed by atoms with E-state index >= 15 is 0 Å². The van der Waals surface area contributed by atoms with Gasteiger partial charge in [0.05, 0.1) is 88.9 Å². The number of methoxy groups -OCH3 is 2. The molecule has 27 heteroatoms. The number of hydrogen-bond donors (Lipinski definition) is 7. The number of carbonyl (C=O) groups is 10. The summed E-state index contributed by atoms with van der Waals surface area (Å²) in [6.45, 7) is 18.9. The zero-order valence-corrected chi connectivity index (χ0v) is 55.0. The van der Waals surface area contributed by atoms with Crippen LogP contribution in [0.1, 0.15) is 107 Å². The fourth-order valence-corrected chi connectivity index (χ4v) is 11.5. The van der Waals surface area contributed by atoms with Gasteiger partial charge in [-0.25, -0.2) is 4.79 Å². The van der Waals surface area contributed by atoms with Crippen LogP contribution in [0.5, 0.6) is 0 Å². The van der Waals surface area contributed by atoms with Crippen molar-refractivity contribution in [3.05, 3.63) is 36.4 Å². The van der Waals surface area contributed by atoms with Crippen LogP contribution in [0.25, 0.3) is 0 Å². The van der Waals surface area contributed by atoms with Gasteiger partial charge in [0.15, 0.2) is 0 Å². The normalized spacial score (nSPS) is 17.3. The largest absolute Gasteiger partial charge is 0.379 e. The van der Waals surface area contributed by atoms with E-state index in [0.29, 0.717) is 36.4 Å². The number of amides is 11. The van der Waals surface area contributed by atoms with E-state index in [0.717, 1.165) is 16.8 Å². The number of likely N-dealkylation sites (tertiary alicyclic amines) is 1. The molecule has 10 atom stereocenters. The van der Waals surface area contributed by atoms with Crippen LogP contribution in [0.2, 0.25) is 0 Å². The maximum Gasteiger partial charge on any atom is 0.312 e. The molecule has 0 spiro atoms. The summed E-state index contributed by atoms with van der Waals surface area (Å²) in [6.07, 6.45) is 3.34.